The Hall–Kier alpha value is -2.93. The van der Waals surface area contributed by atoms with Gasteiger partial charge < -0.3 is 14.6 Å². The van der Waals surface area contributed by atoms with Crippen molar-refractivity contribution in [3.8, 4) is 0 Å². The van der Waals surface area contributed by atoms with Gasteiger partial charge in [0.2, 0.25) is 0 Å². The molecule has 0 unspecified atom stereocenters. The molecule has 0 spiro atoms. The van der Waals surface area contributed by atoms with E-state index in [1.807, 2.05) is 22.9 Å². The molecule has 0 fully saturated rings. The lowest BCUT2D eigenvalue weighted by Crippen LogP contribution is -2.14. The second-order valence-electron chi connectivity index (χ2n) is 6.68. The summed E-state index contributed by atoms with van der Waals surface area (Å²) in [6, 6.07) is 10.6. The highest BCUT2D eigenvalue weighted by Gasteiger charge is 2.17. The van der Waals surface area contributed by atoms with Gasteiger partial charge in [0.15, 0.2) is 0 Å². The summed E-state index contributed by atoms with van der Waals surface area (Å²) >= 11 is 12.4. The summed E-state index contributed by atoms with van der Waals surface area (Å²) in [5.74, 6) is -0.392. The molecule has 1 amide bonds. The molecule has 0 bridgehead atoms. The predicted octanol–water partition coefficient (Wildman–Crippen LogP) is 5.19. The lowest BCUT2D eigenvalue weighted by atomic mass is 10.0. The number of hydrogen-bond acceptors (Lipinski definition) is 4. The van der Waals surface area contributed by atoms with E-state index in [0.717, 1.165) is 16.5 Å². The molecular weight excluding hydrogens is 423 g/mol. The fourth-order valence-electron chi connectivity index (χ4n) is 3.35. The Morgan fingerprint density at radius 2 is 1.93 bits per heavy atom. The van der Waals surface area contributed by atoms with Gasteiger partial charge in [0.05, 0.1) is 39.7 Å². The minimum Gasteiger partial charge on any atom is -0.380 e. The number of amides is 1. The van der Waals surface area contributed by atoms with Crippen LogP contribution in [0.15, 0.2) is 61.3 Å². The van der Waals surface area contributed by atoms with Gasteiger partial charge in [0, 0.05) is 43.2 Å². The molecular formula is C22H18Cl2N4O2. The van der Waals surface area contributed by atoms with Crippen molar-refractivity contribution >= 4 is 45.7 Å². The minimum absolute atomic E-state index is 0.229. The zero-order valence-electron chi connectivity index (χ0n) is 16.1. The Labute approximate surface area is 183 Å². The zero-order valence-corrected chi connectivity index (χ0v) is 17.6. The Bertz CT molecular complexity index is 1190. The van der Waals surface area contributed by atoms with Crippen LogP contribution in [0, 0.1) is 0 Å². The maximum Gasteiger partial charge on any atom is 0.258 e. The smallest absolute Gasteiger partial charge is 0.258 e. The average Bonchev–Trinajstić information content (AvgIpc) is 3.23. The molecule has 0 aliphatic rings. The molecule has 2 aromatic carbocycles. The van der Waals surface area contributed by atoms with E-state index >= 15 is 0 Å². The second-order valence-corrected chi connectivity index (χ2v) is 7.50. The molecule has 8 heteroatoms. The van der Waals surface area contributed by atoms with Crippen LogP contribution >= 0.6 is 23.2 Å². The fourth-order valence-corrected chi connectivity index (χ4v) is 3.92. The molecule has 0 saturated carbocycles. The van der Waals surface area contributed by atoms with Crippen LogP contribution in [-0.2, 0) is 17.9 Å². The Kier molecular flexibility index (Phi) is 5.99. The topological polar surface area (TPSA) is 69.0 Å². The lowest BCUT2D eigenvalue weighted by molar-refractivity contribution is 0.102. The van der Waals surface area contributed by atoms with Crippen molar-refractivity contribution in [1.82, 2.24) is 14.5 Å². The first kappa shape index (κ1) is 20.3. The van der Waals surface area contributed by atoms with Crippen LogP contribution < -0.4 is 5.32 Å². The molecule has 0 radical (unpaired) electrons. The summed E-state index contributed by atoms with van der Waals surface area (Å²) < 4.78 is 7.33. The third-order valence-corrected chi connectivity index (χ3v) is 5.37. The molecule has 0 atom stereocenters. The van der Waals surface area contributed by atoms with Gasteiger partial charge in [-0.3, -0.25) is 9.78 Å². The van der Waals surface area contributed by atoms with E-state index in [0.29, 0.717) is 24.4 Å². The number of para-hydroxylation sites is 1. The van der Waals surface area contributed by atoms with Crippen molar-refractivity contribution in [3.05, 3.63) is 88.1 Å². The Morgan fingerprint density at radius 1 is 1.17 bits per heavy atom. The number of methoxy groups -OCH3 is 1. The summed E-state index contributed by atoms with van der Waals surface area (Å²) in [5.41, 5.74) is 3.49. The van der Waals surface area contributed by atoms with Gasteiger partial charge in [-0.25, -0.2) is 4.98 Å². The number of anilines is 1. The number of halogens is 2. The molecule has 0 saturated heterocycles. The molecule has 6 nitrogen and oxygen atoms in total. The van der Waals surface area contributed by atoms with Crippen LogP contribution in [0.4, 0.5) is 5.69 Å². The van der Waals surface area contributed by atoms with Crippen LogP contribution in [0.25, 0.3) is 10.9 Å². The van der Waals surface area contributed by atoms with Crippen LogP contribution in [-0.4, -0.2) is 27.6 Å². The lowest BCUT2D eigenvalue weighted by Gasteiger charge is -2.15. The number of imidazole rings is 1. The number of ether oxygens (including phenoxy) is 1. The molecule has 0 aliphatic carbocycles. The van der Waals surface area contributed by atoms with Crippen LogP contribution in [0.5, 0.6) is 0 Å². The van der Waals surface area contributed by atoms with Gasteiger partial charge in [-0.1, -0.05) is 41.4 Å². The van der Waals surface area contributed by atoms with Gasteiger partial charge in [-0.05, 0) is 23.8 Å². The Morgan fingerprint density at radius 3 is 2.63 bits per heavy atom. The number of carbonyl (C=O) groups is 1. The Balaban J connectivity index is 1.77. The zero-order chi connectivity index (χ0) is 21.1. The predicted molar refractivity (Wildman–Crippen MR) is 118 cm³/mol. The van der Waals surface area contributed by atoms with Crippen LogP contribution in [0.1, 0.15) is 21.5 Å². The molecule has 2 aromatic heterocycles. The number of carbonyl (C=O) groups excluding carboxylic acids is 1. The highest BCUT2D eigenvalue weighted by atomic mass is 35.5. The van der Waals surface area contributed by atoms with Crippen molar-refractivity contribution < 1.29 is 9.53 Å². The molecule has 0 aliphatic heterocycles. The highest BCUT2D eigenvalue weighted by Crippen LogP contribution is 2.30. The molecule has 4 aromatic rings. The summed E-state index contributed by atoms with van der Waals surface area (Å²) in [5, 5.41) is 4.39. The third kappa shape index (κ3) is 4.03. The molecule has 2 heterocycles. The van der Waals surface area contributed by atoms with E-state index in [1.54, 1.807) is 50.1 Å². The monoisotopic (exact) mass is 440 g/mol. The van der Waals surface area contributed by atoms with Gasteiger partial charge in [0.1, 0.15) is 0 Å². The van der Waals surface area contributed by atoms with Crippen molar-refractivity contribution in [2.45, 2.75) is 13.2 Å². The number of fused-ring (bicyclic) bond motifs is 1. The molecule has 4 rings (SSSR count). The summed E-state index contributed by atoms with van der Waals surface area (Å²) in [4.78, 5) is 21.6. The van der Waals surface area contributed by atoms with Crippen molar-refractivity contribution in [3.63, 3.8) is 0 Å². The van der Waals surface area contributed by atoms with E-state index in [2.05, 4.69) is 15.3 Å². The summed E-state index contributed by atoms with van der Waals surface area (Å²) in [6.45, 7) is 1.03. The van der Waals surface area contributed by atoms with E-state index in [9.17, 15) is 4.79 Å². The number of nitrogens with zero attached hydrogens (tertiary/aromatic N) is 3. The number of aromatic nitrogens is 3. The maximum atomic E-state index is 12.9. The van der Waals surface area contributed by atoms with E-state index in [-0.39, 0.29) is 15.6 Å². The van der Waals surface area contributed by atoms with Crippen molar-refractivity contribution in [2.24, 2.45) is 0 Å². The molecule has 152 valence electrons. The first-order chi connectivity index (χ1) is 14.6. The summed E-state index contributed by atoms with van der Waals surface area (Å²) in [7, 11) is 1.65. The van der Waals surface area contributed by atoms with Crippen molar-refractivity contribution in [1.29, 1.82) is 0 Å². The van der Waals surface area contributed by atoms with Gasteiger partial charge in [-0.15, -0.1) is 0 Å². The fraction of sp³-hybridized carbons (Fsp3) is 0.136. The number of hydrogen-bond donors (Lipinski definition) is 1. The second kappa shape index (κ2) is 8.83. The van der Waals surface area contributed by atoms with Gasteiger partial charge in [-0.2, -0.15) is 0 Å². The first-order valence-electron chi connectivity index (χ1n) is 9.18. The van der Waals surface area contributed by atoms with Crippen LogP contribution in [0.2, 0.25) is 10.0 Å². The number of nitrogens with one attached hydrogen (secondary N) is 1. The quantitative estimate of drug-likeness (QED) is 0.448. The van der Waals surface area contributed by atoms with E-state index in [4.69, 9.17) is 27.9 Å². The normalized spacial score (nSPS) is 11.0. The average molecular weight is 441 g/mol. The van der Waals surface area contributed by atoms with Crippen molar-refractivity contribution in [2.75, 3.05) is 12.4 Å². The number of benzene rings is 2. The largest absolute Gasteiger partial charge is 0.380 e. The van der Waals surface area contributed by atoms with E-state index in [1.165, 1.54) is 0 Å². The minimum atomic E-state index is -0.392. The van der Waals surface area contributed by atoms with Crippen LogP contribution in [0.3, 0.4) is 0 Å². The van der Waals surface area contributed by atoms with E-state index < -0.39 is 5.91 Å². The number of rotatable bonds is 6. The summed E-state index contributed by atoms with van der Waals surface area (Å²) in [6.07, 6.45) is 7.16. The standard InChI is InChI=1S/C22H18Cl2N4O2/c1-30-12-14-10-26-21-15(16(14)11-28-9-8-25-13-28)4-2-7-19(21)27-22(29)20-17(23)5-3-6-18(20)24/h2-10,13H,11-12H2,1H3,(H,27,29). The highest BCUT2D eigenvalue weighted by molar-refractivity contribution is 6.40. The van der Waals surface area contributed by atoms with Gasteiger partial charge >= 0.3 is 0 Å². The first-order valence-corrected chi connectivity index (χ1v) is 9.93. The number of pyridine rings is 1. The maximum absolute atomic E-state index is 12.9. The third-order valence-electron chi connectivity index (χ3n) is 4.74. The SMILES string of the molecule is COCc1cnc2c(NC(=O)c3c(Cl)cccc3Cl)cccc2c1Cn1ccnc1. The van der Waals surface area contributed by atoms with Gasteiger partial charge in [0.25, 0.3) is 5.91 Å². The molecule has 30 heavy (non-hydrogen) atoms. The molecule has 1 N–H and O–H groups in total.